The normalized spacial score (nSPS) is 12.3. The van der Waals surface area contributed by atoms with Gasteiger partial charge in [-0.05, 0) is 60.7 Å². The zero-order valence-electron chi connectivity index (χ0n) is 32.2. The van der Waals surface area contributed by atoms with E-state index in [0.29, 0.717) is 5.95 Å². The summed E-state index contributed by atoms with van der Waals surface area (Å²) >= 11 is 0. The third-order valence-corrected chi connectivity index (χ3v) is 12.8. The minimum Gasteiger partial charge on any atom is -0.309 e. The van der Waals surface area contributed by atoms with E-state index in [1.54, 1.807) is 0 Å². The Hall–Kier alpha value is -8.22. The van der Waals surface area contributed by atoms with Gasteiger partial charge in [0, 0.05) is 65.7 Å². The molecule has 60 heavy (non-hydrogen) atoms. The van der Waals surface area contributed by atoms with E-state index in [1.165, 1.54) is 48.7 Å². The molecule has 0 saturated heterocycles. The van der Waals surface area contributed by atoms with Crippen molar-refractivity contribution in [3.05, 3.63) is 194 Å². The highest BCUT2D eigenvalue weighted by Gasteiger charge is 2.23. The molecule has 6 heteroatoms. The summed E-state index contributed by atoms with van der Waals surface area (Å²) in [5, 5.41) is 11.6. The first kappa shape index (κ1) is 31.8. The highest BCUT2D eigenvalue weighted by molar-refractivity contribution is 6.25. The average molecular weight is 765 g/mol. The summed E-state index contributed by atoms with van der Waals surface area (Å²) in [5.41, 5.74) is 12.1. The molecule has 0 aliphatic heterocycles. The van der Waals surface area contributed by atoms with Crippen LogP contribution in [0.1, 0.15) is 0 Å². The molecule has 0 unspecified atom stereocenters. The molecule has 6 nitrogen and oxygen atoms in total. The van der Waals surface area contributed by atoms with Gasteiger partial charge in [-0.3, -0.25) is 13.4 Å². The first-order chi connectivity index (χ1) is 29.8. The standard InChI is InChI=1S/C54H32N6/c1-8-22-43-34(15-1)35-16-2-9-23-44(35)57(43)33-29-30-50-41(31-33)51-39-20-6-13-27-48(39)58-45-24-10-5-19-38(45)42-32-55-54(56-52(42)40-21-7-14-28-49(40)59(50)53(51)58)60-46-25-11-3-17-36(46)37-18-4-12-26-47(37)60/h1-32H. The molecule has 14 rings (SSSR count). The molecule has 14 aromatic rings. The third kappa shape index (κ3) is 4.06. The molecule has 0 bridgehead atoms. The van der Waals surface area contributed by atoms with Crippen molar-refractivity contribution < 1.29 is 0 Å². The highest BCUT2D eigenvalue weighted by Crippen LogP contribution is 2.42. The van der Waals surface area contributed by atoms with E-state index in [4.69, 9.17) is 9.97 Å². The lowest BCUT2D eigenvalue weighted by molar-refractivity contribution is 1.01. The number of rotatable bonds is 2. The van der Waals surface area contributed by atoms with E-state index in [-0.39, 0.29) is 0 Å². The Balaban J connectivity index is 1.20. The van der Waals surface area contributed by atoms with Crippen molar-refractivity contribution in [1.29, 1.82) is 0 Å². The Morgan fingerprint density at radius 3 is 1.27 bits per heavy atom. The molecule has 0 radical (unpaired) electrons. The second-order valence-electron chi connectivity index (χ2n) is 15.8. The lowest BCUT2D eigenvalue weighted by atomic mass is 10.1. The van der Waals surface area contributed by atoms with Crippen molar-refractivity contribution in [2.75, 3.05) is 0 Å². The van der Waals surface area contributed by atoms with Crippen molar-refractivity contribution in [2.45, 2.75) is 0 Å². The summed E-state index contributed by atoms with van der Waals surface area (Å²) in [5.74, 6) is 0.640. The predicted octanol–water partition coefficient (Wildman–Crippen LogP) is 13.5. The van der Waals surface area contributed by atoms with E-state index in [9.17, 15) is 0 Å². The van der Waals surface area contributed by atoms with Gasteiger partial charge in [0.1, 0.15) is 5.65 Å². The van der Waals surface area contributed by atoms with Crippen LogP contribution in [0.15, 0.2) is 194 Å². The Bertz CT molecular complexity index is 4090. The van der Waals surface area contributed by atoms with Crippen LogP contribution < -0.4 is 0 Å². The molecular weight excluding hydrogens is 733 g/mol. The van der Waals surface area contributed by atoms with Crippen LogP contribution in [0.25, 0.3) is 121 Å². The van der Waals surface area contributed by atoms with Crippen LogP contribution >= 0.6 is 0 Å². The maximum Gasteiger partial charge on any atom is 0.235 e. The molecule has 6 heterocycles. The molecule has 0 atom stereocenters. The summed E-state index contributed by atoms with van der Waals surface area (Å²) in [6, 6.07) is 67.9. The molecule has 0 N–H and O–H groups in total. The van der Waals surface area contributed by atoms with E-state index >= 15 is 0 Å². The quantitative estimate of drug-likeness (QED) is 0.176. The first-order valence-corrected chi connectivity index (χ1v) is 20.4. The summed E-state index contributed by atoms with van der Waals surface area (Å²) in [4.78, 5) is 10.8. The number of benzene rings is 8. The van der Waals surface area contributed by atoms with Crippen LogP contribution in [0.4, 0.5) is 0 Å². The fraction of sp³-hybridized carbons (Fsp3) is 0. The molecule has 8 aromatic carbocycles. The molecule has 0 fully saturated rings. The maximum atomic E-state index is 5.61. The van der Waals surface area contributed by atoms with Gasteiger partial charge in [0.05, 0.1) is 49.7 Å². The molecule has 0 spiro atoms. The highest BCUT2D eigenvalue weighted by atomic mass is 15.2. The SMILES string of the molecule is c1ccc2c(c1)c1ccccc1n2-c1ccc2c(c1)c1c3ccccc3n3c4ccccc4c4cnc(-n5c6ccccc6c6ccccc65)nc4c4ccccc4n2c13. The monoisotopic (exact) mass is 764 g/mol. The average Bonchev–Trinajstić information content (AvgIpc) is 4.04. The summed E-state index contributed by atoms with van der Waals surface area (Å²) < 4.78 is 9.57. The Morgan fingerprint density at radius 2 is 0.717 bits per heavy atom. The lowest BCUT2D eigenvalue weighted by Crippen LogP contribution is -2.01. The zero-order chi connectivity index (χ0) is 39.1. The van der Waals surface area contributed by atoms with Crippen molar-refractivity contribution in [1.82, 2.24) is 27.9 Å². The van der Waals surface area contributed by atoms with Crippen LogP contribution in [0, 0.1) is 0 Å². The van der Waals surface area contributed by atoms with Crippen molar-refractivity contribution in [3.8, 4) is 11.6 Å². The number of para-hydroxylation sites is 7. The van der Waals surface area contributed by atoms with E-state index < -0.39 is 0 Å². The number of fused-ring (bicyclic) bond motifs is 19. The second-order valence-corrected chi connectivity index (χ2v) is 15.8. The van der Waals surface area contributed by atoms with Crippen LogP contribution in [-0.4, -0.2) is 27.9 Å². The van der Waals surface area contributed by atoms with Gasteiger partial charge in [0.2, 0.25) is 5.95 Å². The van der Waals surface area contributed by atoms with Gasteiger partial charge in [-0.25, -0.2) is 9.97 Å². The van der Waals surface area contributed by atoms with E-state index in [2.05, 4.69) is 206 Å². The van der Waals surface area contributed by atoms with E-state index in [0.717, 1.165) is 66.1 Å². The Kier molecular flexibility index (Phi) is 6.20. The van der Waals surface area contributed by atoms with E-state index in [1.807, 2.05) is 6.20 Å². The Morgan fingerprint density at radius 1 is 0.317 bits per heavy atom. The predicted molar refractivity (Wildman–Crippen MR) is 249 cm³/mol. The third-order valence-electron chi connectivity index (χ3n) is 12.8. The summed E-state index contributed by atoms with van der Waals surface area (Å²) in [7, 11) is 0. The van der Waals surface area contributed by atoms with Gasteiger partial charge in [-0.15, -0.1) is 0 Å². The lowest BCUT2D eigenvalue weighted by Gasteiger charge is -2.09. The van der Waals surface area contributed by atoms with Gasteiger partial charge < -0.3 is 4.57 Å². The van der Waals surface area contributed by atoms with Crippen LogP contribution in [-0.2, 0) is 0 Å². The fourth-order valence-corrected chi connectivity index (χ4v) is 10.4. The van der Waals surface area contributed by atoms with Crippen molar-refractivity contribution >= 4 is 109 Å². The van der Waals surface area contributed by atoms with Gasteiger partial charge in [-0.1, -0.05) is 127 Å². The van der Waals surface area contributed by atoms with Gasteiger partial charge in [0.15, 0.2) is 0 Å². The van der Waals surface area contributed by atoms with Crippen molar-refractivity contribution in [3.63, 3.8) is 0 Å². The first-order valence-electron chi connectivity index (χ1n) is 20.4. The smallest absolute Gasteiger partial charge is 0.235 e. The topological polar surface area (TPSA) is 44.5 Å². The largest absolute Gasteiger partial charge is 0.309 e. The molecule has 6 aromatic heterocycles. The van der Waals surface area contributed by atoms with Crippen LogP contribution in [0.2, 0.25) is 0 Å². The Labute approximate surface area is 341 Å². The summed E-state index contributed by atoms with van der Waals surface area (Å²) in [6.45, 7) is 0. The van der Waals surface area contributed by atoms with Crippen LogP contribution in [0.5, 0.6) is 0 Å². The number of hydrogen-bond donors (Lipinski definition) is 0. The fourth-order valence-electron chi connectivity index (χ4n) is 10.4. The van der Waals surface area contributed by atoms with Gasteiger partial charge >= 0.3 is 0 Å². The molecule has 0 saturated carbocycles. The van der Waals surface area contributed by atoms with Gasteiger partial charge in [-0.2, -0.15) is 0 Å². The number of nitrogens with zero attached hydrogens (tertiary/aromatic N) is 6. The molecular formula is C54H32N6. The minimum atomic E-state index is 0.640. The van der Waals surface area contributed by atoms with Crippen LogP contribution in [0.3, 0.4) is 0 Å². The maximum absolute atomic E-state index is 5.61. The number of hydrogen-bond acceptors (Lipinski definition) is 2. The molecule has 0 amide bonds. The molecule has 0 aliphatic carbocycles. The van der Waals surface area contributed by atoms with Gasteiger partial charge in [0.25, 0.3) is 0 Å². The second kappa shape index (κ2) is 11.7. The minimum absolute atomic E-state index is 0.640. The van der Waals surface area contributed by atoms with Crippen molar-refractivity contribution in [2.24, 2.45) is 0 Å². The molecule has 278 valence electrons. The molecule has 0 aliphatic rings. The summed E-state index contributed by atoms with van der Waals surface area (Å²) in [6.07, 6.45) is 2.04. The zero-order valence-corrected chi connectivity index (χ0v) is 32.2. The number of aromatic nitrogens is 6.